The zero-order chi connectivity index (χ0) is 8.85. The van der Waals surface area contributed by atoms with Crippen LogP contribution < -0.4 is 24.0 Å². The van der Waals surface area contributed by atoms with E-state index >= 15 is 0 Å². The molecule has 0 aromatic heterocycles. The van der Waals surface area contributed by atoms with E-state index in [1.807, 2.05) is 0 Å². The smallest absolute Gasteiger partial charge is 0.874 e. The molecule has 12 heavy (non-hydrogen) atoms. The molecule has 0 radical (unpaired) electrons. The minimum absolute atomic E-state index is 0. The van der Waals surface area contributed by atoms with Crippen molar-refractivity contribution in [3.63, 3.8) is 0 Å². The Morgan fingerprint density at radius 3 is 2.50 bits per heavy atom. The van der Waals surface area contributed by atoms with Crippen molar-refractivity contribution in [1.82, 2.24) is 4.90 Å². The predicted octanol–water partition coefficient (Wildman–Crippen LogP) is -2.70. The molecule has 0 atom stereocenters. The van der Waals surface area contributed by atoms with E-state index in [1.54, 1.807) is 6.92 Å². The van der Waals surface area contributed by atoms with Crippen molar-refractivity contribution in [2.24, 2.45) is 0 Å². The van der Waals surface area contributed by atoms with Gasteiger partial charge in [-0.25, -0.2) is 4.79 Å². The zero-order valence-electron chi connectivity index (χ0n) is 7.96. The average Bonchev–Trinajstić information content (AvgIpc) is 2.02. The minimum Gasteiger partial charge on any atom is -0.874 e. The van der Waals surface area contributed by atoms with Crippen LogP contribution in [-0.4, -0.2) is 25.2 Å². The fourth-order valence-corrected chi connectivity index (χ4v) is 0.504. The molecule has 0 rings (SSSR count). The van der Waals surface area contributed by atoms with Crippen LogP contribution in [-0.2, 0) is 4.74 Å². The summed E-state index contributed by atoms with van der Waals surface area (Å²) in [6, 6.07) is 0. The first kappa shape index (κ1) is 14.0. The Kier molecular flexibility index (Phi) is 8.23. The third-order valence-corrected chi connectivity index (χ3v) is 1.15. The van der Waals surface area contributed by atoms with E-state index in [0.29, 0.717) is 6.42 Å². The molecule has 0 bridgehead atoms. The van der Waals surface area contributed by atoms with Gasteiger partial charge in [0, 0.05) is 7.05 Å². The molecule has 0 aliphatic carbocycles. The molecule has 1 amide bonds. The van der Waals surface area contributed by atoms with E-state index in [9.17, 15) is 9.90 Å². The van der Waals surface area contributed by atoms with Gasteiger partial charge in [-0.1, -0.05) is 6.92 Å². The van der Waals surface area contributed by atoms with E-state index in [-0.39, 0.29) is 24.6 Å². The van der Waals surface area contributed by atoms with Crippen LogP contribution in [0.4, 0.5) is 4.79 Å². The van der Waals surface area contributed by atoms with E-state index in [4.69, 9.17) is 0 Å². The fourth-order valence-electron chi connectivity index (χ4n) is 0.504. The minimum atomic E-state index is -0.535. The zero-order valence-corrected chi connectivity index (χ0v) is 7.96. The summed E-state index contributed by atoms with van der Waals surface area (Å²) < 4.78 is 4.36. The van der Waals surface area contributed by atoms with Crippen LogP contribution in [0.5, 0.6) is 0 Å². The topological polar surface area (TPSA) is 52.6 Å². The molecule has 0 unspecified atom stereocenters. The van der Waals surface area contributed by atoms with Crippen LogP contribution in [0.3, 0.4) is 0 Å². The Bertz CT molecular complexity index is 170. The molecular weight excluding hydrogens is 153 g/mol. The number of carbonyl (C=O) groups excluding carboxylic acids is 1. The van der Waals surface area contributed by atoms with E-state index in [2.05, 4.69) is 4.74 Å². The number of ether oxygens (including phenoxy) is 1. The van der Waals surface area contributed by atoms with Crippen LogP contribution in [0.25, 0.3) is 0 Å². The average molecular weight is 165 g/mol. The monoisotopic (exact) mass is 165 g/mol. The number of hydrogen-bond donors (Lipinski definition) is 0. The number of nitrogens with zero attached hydrogens (tertiary/aromatic N) is 1. The Morgan fingerprint density at radius 1 is 1.67 bits per heavy atom. The molecule has 0 saturated heterocycles. The van der Waals surface area contributed by atoms with Gasteiger partial charge in [-0.05, 0) is 12.6 Å². The van der Waals surface area contributed by atoms with Crippen LogP contribution in [0.15, 0.2) is 12.0 Å². The number of methoxy groups -OCH3 is 1. The molecular formula is C7H12LiNO3. The van der Waals surface area contributed by atoms with E-state index < -0.39 is 6.09 Å². The molecule has 0 aliphatic heterocycles. The quantitative estimate of drug-likeness (QED) is 0.330. The standard InChI is InChI=1S/C7H13NO3.Li/c1-4-6(9)5-8(2)7(10)11-3;/h5,9H,4H2,1-3H3;/q;+1/p-1/b6-5-;. The predicted molar refractivity (Wildman–Crippen MR) is 38.5 cm³/mol. The summed E-state index contributed by atoms with van der Waals surface area (Å²) in [5.74, 6) is -0.0992. The first-order valence-corrected chi connectivity index (χ1v) is 3.30. The number of hydrogen-bond acceptors (Lipinski definition) is 3. The van der Waals surface area contributed by atoms with Gasteiger partial charge in [0.2, 0.25) is 0 Å². The molecule has 0 heterocycles. The molecule has 5 heteroatoms. The number of carbonyl (C=O) groups is 1. The Balaban J connectivity index is 0. The molecule has 0 saturated carbocycles. The molecule has 0 aliphatic rings. The van der Waals surface area contributed by atoms with Crippen LogP contribution in [0, 0.1) is 0 Å². The second kappa shape index (κ2) is 7.08. The Morgan fingerprint density at radius 2 is 2.17 bits per heavy atom. The van der Waals surface area contributed by atoms with Gasteiger partial charge in [0.05, 0.1) is 7.11 Å². The summed E-state index contributed by atoms with van der Waals surface area (Å²) in [6.45, 7) is 1.73. The third kappa shape index (κ3) is 5.11. The van der Waals surface area contributed by atoms with Gasteiger partial charge in [0.1, 0.15) is 0 Å². The second-order valence-electron chi connectivity index (χ2n) is 2.03. The maximum atomic E-state index is 10.7. The molecule has 64 valence electrons. The van der Waals surface area contributed by atoms with E-state index in [0.717, 1.165) is 4.90 Å². The number of allylic oxidation sites excluding steroid dienone is 1. The van der Waals surface area contributed by atoms with Crippen LogP contribution in [0.1, 0.15) is 13.3 Å². The van der Waals surface area contributed by atoms with Gasteiger partial charge < -0.3 is 9.84 Å². The maximum Gasteiger partial charge on any atom is 1.00 e. The summed E-state index contributed by atoms with van der Waals surface area (Å²) in [6.07, 6.45) is 1.07. The van der Waals surface area contributed by atoms with Crippen molar-refractivity contribution in [3.05, 3.63) is 12.0 Å². The van der Waals surface area contributed by atoms with Crippen molar-refractivity contribution in [2.45, 2.75) is 13.3 Å². The summed E-state index contributed by atoms with van der Waals surface area (Å²) in [7, 11) is 2.74. The van der Waals surface area contributed by atoms with E-state index in [1.165, 1.54) is 20.4 Å². The van der Waals surface area contributed by atoms with Crippen LogP contribution in [0.2, 0.25) is 0 Å². The largest absolute Gasteiger partial charge is 1.00 e. The molecule has 0 aromatic rings. The second-order valence-corrected chi connectivity index (χ2v) is 2.03. The van der Waals surface area contributed by atoms with Crippen molar-refractivity contribution >= 4 is 6.09 Å². The first-order valence-electron chi connectivity index (χ1n) is 3.30. The van der Waals surface area contributed by atoms with Gasteiger partial charge in [-0.3, -0.25) is 4.90 Å². The van der Waals surface area contributed by atoms with Gasteiger partial charge in [0.25, 0.3) is 0 Å². The van der Waals surface area contributed by atoms with Gasteiger partial charge >= 0.3 is 25.0 Å². The fraction of sp³-hybridized carbons (Fsp3) is 0.571. The molecule has 4 nitrogen and oxygen atoms in total. The van der Waals surface area contributed by atoms with Gasteiger partial charge in [-0.2, -0.15) is 0 Å². The molecule has 0 spiro atoms. The summed E-state index contributed by atoms with van der Waals surface area (Å²) in [4.78, 5) is 11.8. The Labute approximate surface area is 84.4 Å². The van der Waals surface area contributed by atoms with Crippen molar-refractivity contribution in [1.29, 1.82) is 0 Å². The Hall–Kier alpha value is -0.593. The third-order valence-electron chi connectivity index (χ3n) is 1.15. The first-order chi connectivity index (χ1) is 5.11. The van der Waals surface area contributed by atoms with Crippen molar-refractivity contribution < 1.29 is 33.5 Å². The van der Waals surface area contributed by atoms with Crippen molar-refractivity contribution in [3.8, 4) is 0 Å². The molecule has 0 fully saturated rings. The summed E-state index contributed by atoms with van der Waals surface area (Å²) in [5.41, 5.74) is 0. The summed E-state index contributed by atoms with van der Waals surface area (Å²) >= 11 is 0. The molecule has 0 N–H and O–H groups in total. The number of rotatable bonds is 2. The SMILES string of the molecule is CC/C([O-])=C/N(C)C(=O)OC.[Li+]. The van der Waals surface area contributed by atoms with Gasteiger partial charge in [0.15, 0.2) is 0 Å². The van der Waals surface area contributed by atoms with Crippen LogP contribution >= 0.6 is 0 Å². The van der Waals surface area contributed by atoms with Crippen molar-refractivity contribution in [2.75, 3.05) is 14.2 Å². The normalized spacial score (nSPS) is 10.1. The number of amides is 1. The molecule has 0 aromatic carbocycles. The summed E-state index contributed by atoms with van der Waals surface area (Å²) in [5, 5.41) is 10.7. The van der Waals surface area contributed by atoms with Gasteiger partial charge in [-0.15, -0.1) is 5.76 Å². The maximum absolute atomic E-state index is 10.7.